The monoisotopic (exact) mass is 431 g/mol. The Morgan fingerprint density at radius 2 is 1.97 bits per heavy atom. The van der Waals surface area contributed by atoms with Crippen LogP contribution in [-0.4, -0.2) is 47.6 Å². The van der Waals surface area contributed by atoms with Crippen molar-refractivity contribution >= 4 is 35.0 Å². The maximum atomic E-state index is 11.8. The summed E-state index contributed by atoms with van der Waals surface area (Å²) in [5.41, 5.74) is 3.65. The highest BCUT2D eigenvalue weighted by Gasteiger charge is 2.16. The molecule has 0 saturated carbocycles. The molecule has 162 valence electrons. The maximum absolute atomic E-state index is 11.8. The first-order valence-corrected chi connectivity index (χ1v) is 9.74. The molecule has 4 aromatic rings. The van der Waals surface area contributed by atoms with E-state index in [1.807, 2.05) is 18.2 Å². The van der Waals surface area contributed by atoms with Crippen molar-refractivity contribution in [3.8, 4) is 5.82 Å². The van der Waals surface area contributed by atoms with Crippen molar-refractivity contribution in [2.24, 2.45) is 5.10 Å². The number of ether oxygens (including phenoxy) is 1. The van der Waals surface area contributed by atoms with Crippen molar-refractivity contribution in [3.05, 3.63) is 60.8 Å². The molecule has 0 radical (unpaired) electrons. The van der Waals surface area contributed by atoms with Gasteiger partial charge in [-0.05, 0) is 45.0 Å². The van der Waals surface area contributed by atoms with E-state index in [2.05, 4.69) is 40.9 Å². The van der Waals surface area contributed by atoms with Crippen LogP contribution >= 0.6 is 0 Å². The van der Waals surface area contributed by atoms with Gasteiger partial charge in [-0.15, -0.1) is 0 Å². The zero-order chi connectivity index (χ0) is 22.6. The van der Waals surface area contributed by atoms with Gasteiger partial charge in [-0.1, -0.05) is 6.07 Å². The quantitative estimate of drug-likeness (QED) is 0.363. The molecule has 0 bridgehead atoms. The van der Waals surface area contributed by atoms with E-state index in [9.17, 15) is 4.79 Å². The first kappa shape index (κ1) is 20.8. The van der Waals surface area contributed by atoms with E-state index >= 15 is 0 Å². The summed E-state index contributed by atoms with van der Waals surface area (Å²) in [5.74, 6) is 1.54. The standard InChI is InChI=1S/C21H21N9O2/c1-21(2,3)32-20(31)28-16-8-7-14(10-23-16)11-26-29-18-15-12-27-30(19(15)25-13-24-18)17-6-4-5-9-22-17/h4-13H,1-3H3,(H,23,28,31)(H,24,25,29). The molecule has 4 heterocycles. The summed E-state index contributed by atoms with van der Waals surface area (Å²) in [6.07, 6.45) is 7.37. The molecule has 0 aliphatic carbocycles. The molecule has 0 spiro atoms. The first-order chi connectivity index (χ1) is 15.4. The van der Waals surface area contributed by atoms with Crippen LogP contribution in [0.15, 0.2) is 60.4 Å². The number of nitrogens with zero attached hydrogens (tertiary/aromatic N) is 7. The third-order valence-corrected chi connectivity index (χ3v) is 4.03. The highest BCUT2D eigenvalue weighted by molar-refractivity contribution is 5.88. The fourth-order valence-electron chi connectivity index (χ4n) is 2.71. The number of fused-ring (bicyclic) bond motifs is 1. The number of amides is 1. The summed E-state index contributed by atoms with van der Waals surface area (Å²) in [7, 11) is 0. The predicted octanol–water partition coefficient (Wildman–Crippen LogP) is 3.40. The number of carbonyl (C=O) groups excluding carboxylic acids is 1. The summed E-state index contributed by atoms with van der Waals surface area (Å²) in [4.78, 5) is 28.8. The van der Waals surface area contributed by atoms with E-state index in [1.165, 1.54) is 6.33 Å². The number of anilines is 2. The van der Waals surface area contributed by atoms with Gasteiger partial charge in [-0.2, -0.15) is 14.9 Å². The number of hydrogen-bond donors (Lipinski definition) is 2. The molecule has 0 aromatic carbocycles. The molecule has 0 saturated heterocycles. The second-order valence-corrected chi connectivity index (χ2v) is 7.68. The van der Waals surface area contributed by atoms with Gasteiger partial charge in [0.1, 0.15) is 17.7 Å². The SMILES string of the molecule is CC(C)(C)OC(=O)Nc1ccc(C=NNc2ncnc3c2cnn3-c2ccccn2)cn1. The highest BCUT2D eigenvalue weighted by Crippen LogP contribution is 2.20. The van der Waals surface area contributed by atoms with Crippen LogP contribution in [0.1, 0.15) is 26.3 Å². The van der Waals surface area contributed by atoms with Gasteiger partial charge in [0.2, 0.25) is 0 Å². The second kappa shape index (κ2) is 8.76. The molecule has 4 aromatic heterocycles. The number of nitrogens with one attached hydrogen (secondary N) is 2. The molecular formula is C21H21N9O2. The summed E-state index contributed by atoms with van der Waals surface area (Å²) in [6, 6.07) is 8.97. The number of pyridine rings is 2. The minimum atomic E-state index is -0.580. The fourth-order valence-corrected chi connectivity index (χ4v) is 2.71. The second-order valence-electron chi connectivity index (χ2n) is 7.68. The lowest BCUT2D eigenvalue weighted by atomic mass is 10.2. The molecule has 4 rings (SSSR count). The van der Waals surface area contributed by atoms with Crippen LogP contribution in [-0.2, 0) is 4.74 Å². The van der Waals surface area contributed by atoms with Crippen LogP contribution in [0, 0.1) is 0 Å². The van der Waals surface area contributed by atoms with Crippen molar-refractivity contribution in [2.75, 3.05) is 10.7 Å². The van der Waals surface area contributed by atoms with Gasteiger partial charge in [0.25, 0.3) is 0 Å². The average Bonchev–Trinajstić information content (AvgIpc) is 3.19. The molecule has 0 atom stereocenters. The number of hydrazone groups is 1. The lowest BCUT2D eigenvalue weighted by Gasteiger charge is -2.19. The van der Waals surface area contributed by atoms with E-state index < -0.39 is 11.7 Å². The van der Waals surface area contributed by atoms with Crippen molar-refractivity contribution < 1.29 is 9.53 Å². The largest absolute Gasteiger partial charge is 0.444 e. The maximum Gasteiger partial charge on any atom is 0.413 e. The normalized spacial score (nSPS) is 11.6. The van der Waals surface area contributed by atoms with Crippen LogP contribution in [0.5, 0.6) is 0 Å². The molecule has 1 amide bonds. The Hall–Kier alpha value is -4.41. The Morgan fingerprint density at radius 1 is 1.09 bits per heavy atom. The molecule has 11 nitrogen and oxygen atoms in total. The number of rotatable bonds is 5. The van der Waals surface area contributed by atoms with E-state index in [4.69, 9.17) is 4.74 Å². The Kier molecular flexibility index (Phi) is 5.71. The van der Waals surface area contributed by atoms with Gasteiger partial charge in [-0.25, -0.2) is 24.7 Å². The van der Waals surface area contributed by atoms with E-state index in [0.717, 1.165) is 5.56 Å². The zero-order valence-corrected chi connectivity index (χ0v) is 17.7. The lowest BCUT2D eigenvalue weighted by Crippen LogP contribution is -2.27. The molecule has 0 unspecified atom stereocenters. The third kappa shape index (κ3) is 5.01. The molecule has 0 fully saturated rings. The van der Waals surface area contributed by atoms with Crippen molar-refractivity contribution in [1.82, 2.24) is 29.7 Å². The number of hydrogen-bond acceptors (Lipinski definition) is 9. The topological polar surface area (TPSA) is 132 Å². The fraction of sp³-hybridized carbons (Fsp3) is 0.190. The van der Waals surface area contributed by atoms with Crippen molar-refractivity contribution in [2.45, 2.75) is 26.4 Å². The Morgan fingerprint density at radius 3 is 2.69 bits per heavy atom. The average molecular weight is 431 g/mol. The summed E-state index contributed by atoms with van der Waals surface area (Å²) < 4.78 is 6.83. The predicted molar refractivity (Wildman–Crippen MR) is 120 cm³/mol. The zero-order valence-electron chi connectivity index (χ0n) is 17.7. The van der Waals surface area contributed by atoms with Crippen LogP contribution in [0.2, 0.25) is 0 Å². The van der Waals surface area contributed by atoms with Crippen LogP contribution in [0.25, 0.3) is 16.9 Å². The van der Waals surface area contributed by atoms with Crippen LogP contribution in [0.4, 0.5) is 16.4 Å². The number of aromatic nitrogens is 6. The molecule has 11 heteroatoms. The summed E-state index contributed by atoms with van der Waals surface area (Å²) in [5, 5.41) is 11.8. The Balaban J connectivity index is 1.43. The third-order valence-electron chi connectivity index (χ3n) is 4.03. The highest BCUT2D eigenvalue weighted by atomic mass is 16.6. The van der Waals surface area contributed by atoms with Gasteiger partial charge in [0.15, 0.2) is 17.3 Å². The Labute approximate surface area is 183 Å². The molecular weight excluding hydrogens is 410 g/mol. The van der Waals surface area contributed by atoms with E-state index in [1.54, 1.807) is 62.4 Å². The molecule has 2 N–H and O–H groups in total. The first-order valence-electron chi connectivity index (χ1n) is 9.74. The van der Waals surface area contributed by atoms with Gasteiger partial charge in [0, 0.05) is 18.0 Å². The van der Waals surface area contributed by atoms with Gasteiger partial charge < -0.3 is 4.74 Å². The van der Waals surface area contributed by atoms with E-state index in [-0.39, 0.29) is 0 Å². The van der Waals surface area contributed by atoms with Gasteiger partial charge in [-0.3, -0.25) is 10.7 Å². The minimum Gasteiger partial charge on any atom is -0.444 e. The van der Waals surface area contributed by atoms with Crippen LogP contribution in [0.3, 0.4) is 0 Å². The number of carbonyl (C=O) groups is 1. The minimum absolute atomic E-state index is 0.379. The molecule has 0 aliphatic rings. The van der Waals surface area contributed by atoms with Gasteiger partial charge in [0.05, 0.1) is 17.8 Å². The lowest BCUT2D eigenvalue weighted by molar-refractivity contribution is 0.0635. The van der Waals surface area contributed by atoms with E-state index in [0.29, 0.717) is 28.5 Å². The van der Waals surface area contributed by atoms with Crippen molar-refractivity contribution in [3.63, 3.8) is 0 Å². The van der Waals surface area contributed by atoms with Crippen molar-refractivity contribution in [1.29, 1.82) is 0 Å². The summed E-state index contributed by atoms with van der Waals surface area (Å²) in [6.45, 7) is 5.38. The smallest absolute Gasteiger partial charge is 0.413 e. The molecule has 0 aliphatic heterocycles. The van der Waals surface area contributed by atoms with Crippen LogP contribution < -0.4 is 10.7 Å². The van der Waals surface area contributed by atoms with Gasteiger partial charge >= 0.3 is 6.09 Å². The summed E-state index contributed by atoms with van der Waals surface area (Å²) >= 11 is 0. The molecule has 32 heavy (non-hydrogen) atoms. The Bertz CT molecular complexity index is 1250.